The van der Waals surface area contributed by atoms with E-state index in [0.717, 1.165) is 27.4 Å². The Kier molecular flexibility index (Phi) is 3.58. The summed E-state index contributed by atoms with van der Waals surface area (Å²) in [5.41, 5.74) is 3.35. The van der Waals surface area contributed by atoms with Crippen molar-refractivity contribution in [3.63, 3.8) is 0 Å². The van der Waals surface area contributed by atoms with Gasteiger partial charge in [0.1, 0.15) is 5.52 Å². The number of fused-ring (bicyclic) bond motifs is 3. The zero-order valence-corrected chi connectivity index (χ0v) is 13.7. The summed E-state index contributed by atoms with van der Waals surface area (Å²) in [4.78, 5) is 16.7. The molecule has 0 fully saturated rings. The number of aromatic nitrogens is 1. The fourth-order valence-corrected chi connectivity index (χ4v) is 2.78. The summed E-state index contributed by atoms with van der Waals surface area (Å²) in [5.74, 6) is 0.248. The van der Waals surface area contributed by atoms with Crippen LogP contribution in [-0.2, 0) is 4.79 Å². The summed E-state index contributed by atoms with van der Waals surface area (Å²) in [7, 11) is 0. The van der Waals surface area contributed by atoms with Gasteiger partial charge in [-0.2, -0.15) is 0 Å². The first-order chi connectivity index (χ1) is 12.1. The first-order valence-corrected chi connectivity index (χ1v) is 7.98. The van der Waals surface area contributed by atoms with Crippen LogP contribution in [0.15, 0.2) is 77.2 Å². The lowest BCUT2D eigenvalue weighted by molar-refractivity contribution is -0.112. The summed E-state index contributed by atoms with van der Waals surface area (Å²) < 4.78 is 5.96. The lowest BCUT2D eigenvalue weighted by Gasteiger charge is -2.08. The number of oxazole rings is 1. The van der Waals surface area contributed by atoms with E-state index in [0.29, 0.717) is 17.2 Å². The molecule has 1 heterocycles. The standard InChI is InChI=1S/C21H16N2O2/c1-13(2)20(24)22-17-10-6-5-9-16(17)21-23-19-15-8-4-3-7-14(15)11-12-18(19)25-21/h3-12H,1H2,2H3,(H,22,24). The van der Waals surface area contributed by atoms with E-state index in [9.17, 15) is 4.79 Å². The lowest BCUT2D eigenvalue weighted by Crippen LogP contribution is -2.12. The SMILES string of the molecule is C=C(C)C(=O)Nc1ccccc1-c1nc2c(ccc3ccccc32)o1. The van der Waals surface area contributed by atoms with Gasteiger partial charge in [-0.05, 0) is 30.5 Å². The molecule has 1 amide bonds. The van der Waals surface area contributed by atoms with E-state index < -0.39 is 0 Å². The smallest absolute Gasteiger partial charge is 0.250 e. The van der Waals surface area contributed by atoms with E-state index in [4.69, 9.17) is 4.42 Å². The summed E-state index contributed by atoms with van der Waals surface area (Å²) in [6.07, 6.45) is 0. The van der Waals surface area contributed by atoms with Crippen molar-refractivity contribution in [2.45, 2.75) is 6.92 Å². The average molecular weight is 328 g/mol. The Balaban J connectivity index is 1.86. The minimum Gasteiger partial charge on any atom is -0.436 e. The van der Waals surface area contributed by atoms with Gasteiger partial charge in [-0.15, -0.1) is 0 Å². The molecule has 4 heteroatoms. The molecule has 1 N–H and O–H groups in total. The maximum Gasteiger partial charge on any atom is 0.250 e. The molecule has 0 radical (unpaired) electrons. The van der Waals surface area contributed by atoms with Crippen molar-refractivity contribution in [3.05, 3.63) is 72.8 Å². The van der Waals surface area contributed by atoms with Crippen LogP contribution in [0.1, 0.15) is 6.92 Å². The molecule has 0 bridgehead atoms. The third kappa shape index (κ3) is 2.68. The van der Waals surface area contributed by atoms with Crippen LogP contribution in [0.25, 0.3) is 33.3 Å². The number of nitrogens with one attached hydrogen (secondary N) is 1. The van der Waals surface area contributed by atoms with Gasteiger partial charge in [-0.3, -0.25) is 4.79 Å². The van der Waals surface area contributed by atoms with Gasteiger partial charge in [0.05, 0.1) is 11.3 Å². The van der Waals surface area contributed by atoms with Gasteiger partial charge < -0.3 is 9.73 Å². The molecule has 0 saturated carbocycles. The molecule has 4 rings (SSSR count). The highest BCUT2D eigenvalue weighted by molar-refractivity contribution is 6.06. The summed E-state index contributed by atoms with van der Waals surface area (Å²) in [5, 5.41) is 5.00. The van der Waals surface area contributed by atoms with Crippen molar-refractivity contribution in [2.24, 2.45) is 0 Å². The highest BCUT2D eigenvalue weighted by atomic mass is 16.3. The first kappa shape index (κ1) is 15.1. The predicted molar refractivity (Wildman–Crippen MR) is 100 cm³/mol. The molecule has 1 aromatic heterocycles. The Morgan fingerprint density at radius 3 is 2.64 bits per heavy atom. The Morgan fingerprint density at radius 1 is 1.04 bits per heavy atom. The van der Waals surface area contributed by atoms with Crippen molar-refractivity contribution < 1.29 is 9.21 Å². The number of hydrogen-bond acceptors (Lipinski definition) is 3. The van der Waals surface area contributed by atoms with E-state index in [2.05, 4.69) is 16.9 Å². The molecule has 25 heavy (non-hydrogen) atoms. The van der Waals surface area contributed by atoms with Gasteiger partial charge in [0.15, 0.2) is 5.58 Å². The van der Waals surface area contributed by atoms with Gasteiger partial charge in [-0.25, -0.2) is 4.98 Å². The minimum absolute atomic E-state index is 0.228. The number of nitrogens with zero attached hydrogens (tertiary/aromatic N) is 1. The van der Waals surface area contributed by atoms with Gasteiger partial charge in [0, 0.05) is 11.0 Å². The molecular formula is C21H16N2O2. The van der Waals surface area contributed by atoms with Gasteiger partial charge >= 0.3 is 0 Å². The molecule has 0 unspecified atom stereocenters. The molecular weight excluding hydrogens is 312 g/mol. The predicted octanol–water partition coefficient (Wildman–Crippen LogP) is 5.16. The Bertz CT molecular complexity index is 1130. The lowest BCUT2D eigenvalue weighted by atomic mass is 10.1. The van der Waals surface area contributed by atoms with Crippen LogP contribution in [0.4, 0.5) is 5.69 Å². The van der Waals surface area contributed by atoms with Crippen molar-refractivity contribution in [3.8, 4) is 11.5 Å². The van der Waals surface area contributed by atoms with Crippen LogP contribution in [0, 0.1) is 0 Å². The van der Waals surface area contributed by atoms with Gasteiger partial charge in [0.2, 0.25) is 5.89 Å². The molecule has 4 nitrogen and oxygen atoms in total. The second-order valence-corrected chi connectivity index (χ2v) is 5.93. The zero-order valence-electron chi connectivity index (χ0n) is 13.7. The van der Waals surface area contributed by atoms with E-state index in [1.165, 1.54) is 0 Å². The Labute approximate surface area is 144 Å². The number of carbonyl (C=O) groups excluding carboxylic acids is 1. The first-order valence-electron chi connectivity index (χ1n) is 7.98. The molecule has 3 aromatic carbocycles. The molecule has 4 aromatic rings. The second kappa shape index (κ2) is 5.91. The average Bonchev–Trinajstić information content (AvgIpc) is 3.06. The maximum atomic E-state index is 12.0. The van der Waals surface area contributed by atoms with Crippen LogP contribution in [0.3, 0.4) is 0 Å². The maximum absolute atomic E-state index is 12.0. The number of rotatable bonds is 3. The van der Waals surface area contributed by atoms with Crippen molar-refractivity contribution in [2.75, 3.05) is 5.32 Å². The fourth-order valence-electron chi connectivity index (χ4n) is 2.78. The number of anilines is 1. The molecule has 0 saturated heterocycles. The molecule has 0 aliphatic carbocycles. The van der Waals surface area contributed by atoms with E-state index in [1.807, 2.05) is 60.7 Å². The normalized spacial score (nSPS) is 10.9. The number of hydrogen-bond donors (Lipinski definition) is 1. The fraction of sp³-hybridized carbons (Fsp3) is 0.0476. The third-order valence-corrected chi connectivity index (χ3v) is 4.08. The van der Waals surface area contributed by atoms with E-state index in [-0.39, 0.29) is 5.91 Å². The number of carbonyl (C=O) groups is 1. The monoisotopic (exact) mass is 328 g/mol. The number of benzene rings is 3. The Hall–Kier alpha value is -3.40. The van der Waals surface area contributed by atoms with Gasteiger partial charge in [0.25, 0.3) is 5.91 Å². The van der Waals surface area contributed by atoms with Crippen LogP contribution in [-0.4, -0.2) is 10.9 Å². The number of para-hydroxylation sites is 1. The van der Waals surface area contributed by atoms with Crippen LogP contribution >= 0.6 is 0 Å². The summed E-state index contributed by atoms with van der Waals surface area (Å²) in [6, 6.07) is 19.4. The van der Waals surface area contributed by atoms with E-state index in [1.54, 1.807) is 6.92 Å². The summed E-state index contributed by atoms with van der Waals surface area (Å²) >= 11 is 0. The molecule has 0 aliphatic rings. The summed E-state index contributed by atoms with van der Waals surface area (Å²) in [6.45, 7) is 5.34. The highest BCUT2D eigenvalue weighted by Crippen LogP contribution is 2.33. The Morgan fingerprint density at radius 2 is 1.80 bits per heavy atom. The highest BCUT2D eigenvalue weighted by Gasteiger charge is 2.15. The van der Waals surface area contributed by atoms with E-state index >= 15 is 0 Å². The van der Waals surface area contributed by atoms with Crippen LogP contribution in [0.2, 0.25) is 0 Å². The van der Waals surface area contributed by atoms with Crippen LogP contribution in [0.5, 0.6) is 0 Å². The third-order valence-electron chi connectivity index (χ3n) is 4.08. The van der Waals surface area contributed by atoms with Crippen LogP contribution < -0.4 is 5.32 Å². The molecule has 0 aliphatic heterocycles. The molecule has 0 spiro atoms. The van der Waals surface area contributed by atoms with Crippen molar-refractivity contribution in [1.82, 2.24) is 4.98 Å². The minimum atomic E-state index is -0.228. The zero-order chi connectivity index (χ0) is 17.4. The molecule has 122 valence electrons. The van der Waals surface area contributed by atoms with Crippen molar-refractivity contribution in [1.29, 1.82) is 0 Å². The van der Waals surface area contributed by atoms with Gasteiger partial charge in [-0.1, -0.05) is 49.0 Å². The van der Waals surface area contributed by atoms with Crippen molar-refractivity contribution >= 4 is 33.5 Å². The second-order valence-electron chi connectivity index (χ2n) is 5.93. The largest absolute Gasteiger partial charge is 0.436 e. The quantitative estimate of drug-likeness (QED) is 0.528. The molecule has 0 atom stereocenters. The topological polar surface area (TPSA) is 55.1 Å². The number of amides is 1.